The Hall–Kier alpha value is -1.87. The Balaban J connectivity index is 1.68. The lowest BCUT2D eigenvalue weighted by Gasteiger charge is -2.12. The minimum absolute atomic E-state index is 0.273. The Morgan fingerprint density at radius 1 is 1.15 bits per heavy atom. The van der Waals surface area contributed by atoms with Crippen LogP contribution in [0, 0.1) is 5.82 Å². The summed E-state index contributed by atoms with van der Waals surface area (Å²) in [5.74, 6) is 0.474. The van der Waals surface area contributed by atoms with E-state index < -0.39 is 0 Å². The first-order chi connectivity index (χ1) is 9.83. The van der Waals surface area contributed by atoms with E-state index in [1.54, 1.807) is 12.1 Å². The third-order valence-corrected chi connectivity index (χ3v) is 3.72. The van der Waals surface area contributed by atoms with E-state index in [2.05, 4.69) is 5.32 Å². The number of halogens is 1. The van der Waals surface area contributed by atoms with Gasteiger partial charge in [0.1, 0.15) is 6.61 Å². The maximum Gasteiger partial charge on any atom is 0.165 e. The van der Waals surface area contributed by atoms with E-state index in [1.807, 2.05) is 36.4 Å². The van der Waals surface area contributed by atoms with Gasteiger partial charge < -0.3 is 10.1 Å². The molecule has 2 aromatic carbocycles. The fourth-order valence-corrected chi connectivity index (χ4v) is 2.56. The van der Waals surface area contributed by atoms with E-state index in [0.29, 0.717) is 18.3 Å². The van der Waals surface area contributed by atoms with Gasteiger partial charge >= 0.3 is 0 Å². The van der Waals surface area contributed by atoms with Crippen LogP contribution in [0.25, 0.3) is 0 Å². The van der Waals surface area contributed by atoms with Crippen molar-refractivity contribution >= 4 is 0 Å². The lowest BCUT2D eigenvalue weighted by molar-refractivity contribution is 0.290. The Morgan fingerprint density at radius 3 is 2.70 bits per heavy atom. The summed E-state index contributed by atoms with van der Waals surface area (Å²) < 4.78 is 19.6. The molecule has 0 amide bonds. The average molecular weight is 271 g/mol. The van der Waals surface area contributed by atoms with Gasteiger partial charge in [0.05, 0.1) is 0 Å². The molecule has 20 heavy (non-hydrogen) atoms. The van der Waals surface area contributed by atoms with Crippen LogP contribution in [0.2, 0.25) is 0 Å². The van der Waals surface area contributed by atoms with Crippen LogP contribution in [-0.4, -0.2) is 13.1 Å². The molecule has 1 unspecified atom stereocenters. The number of ether oxygens (including phenoxy) is 1. The lowest BCUT2D eigenvalue weighted by atomic mass is 9.98. The molecule has 1 aliphatic rings. The second-order valence-corrected chi connectivity index (χ2v) is 5.15. The normalized spacial score (nSPS) is 18.1. The molecule has 1 atom stereocenters. The van der Waals surface area contributed by atoms with Crippen molar-refractivity contribution in [1.82, 2.24) is 5.32 Å². The summed E-state index contributed by atoms with van der Waals surface area (Å²) in [6.07, 6.45) is 1.07. The molecular weight excluding hydrogens is 253 g/mol. The molecule has 1 heterocycles. The van der Waals surface area contributed by atoms with Crippen LogP contribution in [0.1, 0.15) is 23.5 Å². The maximum atomic E-state index is 14.1. The fourth-order valence-electron chi connectivity index (χ4n) is 2.56. The van der Waals surface area contributed by atoms with Gasteiger partial charge in [-0.3, -0.25) is 0 Å². The van der Waals surface area contributed by atoms with E-state index >= 15 is 0 Å². The standard InChI is InChI=1S/C17H18FNO/c18-16-10-14(15-8-9-19-11-15)6-7-17(16)20-12-13-4-2-1-3-5-13/h1-7,10,15,19H,8-9,11-12H2. The largest absolute Gasteiger partial charge is 0.486 e. The van der Waals surface area contributed by atoms with Gasteiger partial charge in [-0.1, -0.05) is 36.4 Å². The van der Waals surface area contributed by atoms with Gasteiger partial charge in [0.25, 0.3) is 0 Å². The SMILES string of the molecule is Fc1cc(C2CCNC2)ccc1OCc1ccccc1. The smallest absolute Gasteiger partial charge is 0.165 e. The van der Waals surface area contributed by atoms with Gasteiger partial charge in [-0.15, -0.1) is 0 Å². The number of rotatable bonds is 4. The number of hydrogen-bond donors (Lipinski definition) is 1. The second-order valence-electron chi connectivity index (χ2n) is 5.15. The summed E-state index contributed by atoms with van der Waals surface area (Å²) in [4.78, 5) is 0. The van der Waals surface area contributed by atoms with Crippen molar-refractivity contribution in [1.29, 1.82) is 0 Å². The Bertz CT molecular complexity index is 564. The number of benzene rings is 2. The zero-order valence-corrected chi connectivity index (χ0v) is 11.3. The fraction of sp³-hybridized carbons (Fsp3) is 0.294. The van der Waals surface area contributed by atoms with Crippen molar-refractivity contribution < 1.29 is 9.13 Å². The molecule has 1 aliphatic heterocycles. The second kappa shape index (κ2) is 6.06. The predicted molar refractivity (Wildman–Crippen MR) is 77.4 cm³/mol. The first-order valence-electron chi connectivity index (χ1n) is 7.00. The topological polar surface area (TPSA) is 21.3 Å². The van der Waals surface area contributed by atoms with E-state index in [9.17, 15) is 4.39 Å². The van der Waals surface area contributed by atoms with E-state index in [4.69, 9.17) is 4.74 Å². The molecule has 1 fully saturated rings. The molecule has 2 aromatic rings. The molecule has 3 heteroatoms. The summed E-state index contributed by atoms with van der Waals surface area (Å²) in [6.45, 7) is 2.34. The summed E-state index contributed by atoms with van der Waals surface area (Å²) in [6, 6.07) is 15.1. The summed E-state index contributed by atoms with van der Waals surface area (Å²) in [5, 5.41) is 3.30. The molecule has 1 saturated heterocycles. The molecule has 0 spiro atoms. The Labute approximate surface area is 118 Å². The molecule has 0 saturated carbocycles. The van der Waals surface area contributed by atoms with Crippen LogP contribution in [0.4, 0.5) is 4.39 Å². The quantitative estimate of drug-likeness (QED) is 0.919. The molecule has 0 bridgehead atoms. The van der Waals surface area contributed by atoms with Crippen molar-refractivity contribution in [2.45, 2.75) is 18.9 Å². The molecule has 0 aromatic heterocycles. The molecule has 3 rings (SSSR count). The van der Waals surface area contributed by atoms with Gasteiger partial charge in [0.15, 0.2) is 11.6 Å². The summed E-state index contributed by atoms with van der Waals surface area (Å²) in [5.41, 5.74) is 2.09. The van der Waals surface area contributed by atoms with E-state index in [0.717, 1.165) is 30.6 Å². The van der Waals surface area contributed by atoms with Crippen LogP contribution < -0.4 is 10.1 Å². The highest BCUT2D eigenvalue weighted by molar-refractivity contribution is 5.32. The van der Waals surface area contributed by atoms with E-state index in [-0.39, 0.29) is 5.82 Å². The first kappa shape index (κ1) is 13.1. The van der Waals surface area contributed by atoms with Gasteiger partial charge in [0.2, 0.25) is 0 Å². The van der Waals surface area contributed by atoms with Crippen molar-refractivity contribution in [3.8, 4) is 5.75 Å². The average Bonchev–Trinajstić information content (AvgIpc) is 3.01. The summed E-state index contributed by atoms with van der Waals surface area (Å²) in [7, 11) is 0. The predicted octanol–water partition coefficient (Wildman–Crippen LogP) is 3.48. The molecule has 1 N–H and O–H groups in total. The van der Waals surface area contributed by atoms with Crippen LogP contribution in [0.5, 0.6) is 5.75 Å². The van der Waals surface area contributed by atoms with Crippen molar-refractivity contribution in [2.24, 2.45) is 0 Å². The number of nitrogens with one attached hydrogen (secondary N) is 1. The van der Waals surface area contributed by atoms with Crippen molar-refractivity contribution in [2.75, 3.05) is 13.1 Å². The molecule has 0 radical (unpaired) electrons. The minimum atomic E-state index is -0.273. The van der Waals surface area contributed by atoms with Gasteiger partial charge in [-0.2, -0.15) is 0 Å². The third kappa shape index (κ3) is 2.99. The van der Waals surface area contributed by atoms with Gasteiger partial charge in [-0.25, -0.2) is 4.39 Å². The first-order valence-corrected chi connectivity index (χ1v) is 7.00. The third-order valence-electron chi connectivity index (χ3n) is 3.72. The maximum absolute atomic E-state index is 14.1. The number of hydrogen-bond acceptors (Lipinski definition) is 2. The van der Waals surface area contributed by atoms with Gasteiger partial charge in [-0.05, 0) is 42.1 Å². The van der Waals surface area contributed by atoms with Gasteiger partial charge in [0, 0.05) is 6.54 Å². The highest BCUT2D eigenvalue weighted by atomic mass is 19.1. The highest BCUT2D eigenvalue weighted by Gasteiger charge is 2.18. The molecule has 0 aliphatic carbocycles. The minimum Gasteiger partial charge on any atom is -0.486 e. The van der Waals surface area contributed by atoms with Crippen LogP contribution in [0.15, 0.2) is 48.5 Å². The molecule has 104 valence electrons. The van der Waals surface area contributed by atoms with E-state index in [1.165, 1.54) is 0 Å². The van der Waals surface area contributed by atoms with Crippen LogP contribution in [-0.2, 0) is 6.61 Å². The van der Waals surface area contributed by atoms with Crippen molar-refractivity contribution in [3.05, 3.63) is 65.5 Å². The Kier molecular flexibility index (Phi) is 3.97. The van der Waals surface area contributed by atoms with Crippen LogP contribution in [0.3, 0.4) is 0 Å². The van der Waals surface area contributed by atoms with Crippen LogP contribution >= 0.6 is 0 Å². The zero-order chi connectivity index (χ0) is 13.8. The summed E-state index contributed by atoms with van der Waals surface area (Å²) >= 11 is 0. The molecular formula is C17H18FNO. The molecule has 2 nitrogen and oxygen atoms in total. The zero-order valence-electron chi connectivity index (χ0n) is 11.3. The lowest BCUT2D eigenvalue weighted by Crippen LogP contribution is -2.08. The Morgan fingerprint density at radius 2 is 2.00 bits per heavy atom. The van der Waals surface area contributed by atoms with Crippen molar-refractivity contribution in [3.63, 3.8) is 0 Å². The highest BCUT2D eigenvalue weighted by Crippen LogP contribution is 2.27. The monoisotopic (exact) mass is 271 g/mol.